The molecule has 3 rings (SSSR count). The zero-order chi connectivity index (χ0) is 21.2. The quantitative estimate of drug-likeness (QED) is 0.233. The number of hydrogen-bond acceptors (Lipinski definition) is 6. The van der Waals surface area contributed by atoms with Crippen molar-refractivity contribution in [2.45, 2.75) is 4.90 Å². The van der Waals surface area contributed by atoms with Crippen LogP contribution in [0.5, 0.6) is 0 Å². The fourth-order valence-electron chi connectivity index (χ4n) is 2.43. The van der Waals surface area contributed by atoms with Crippen molar-refractivity contribution < 1.29 is 17.8 Å². The van der Waals surface area contributed by atoms with Crippen LogP contribution in [-0.4, -0.2) is 13.3 Å². The molecule has 0 amide bonds. The van der Waals surface area contributed by atoms with Crippen molar-refractivity contribution in [1.82, 2.24) is 0 Å². The molecule has 0 bridgehead atoms. The first kappa shape index (κ1) is 21.0. The zero-order valence-electron chi connectivity index (χ0n) is 14.4. The van der Waals surface area contributed by atoms with Gasteiger partial charge in [0.2, 0.25) is 9.84 Å². The Morgan fingerprint density at radius 1 is 1.10 bits per heavy atom. The highest BCUT2D eigenvalue weighted by Crippen LogP contribution is 2.33. The van der Waals surface area contributed by atoms with Gasteiger partial charge in [0.05, 0.1) is 9.82 Å². The van der Waals surface area contributed by atoms with E-state index in [-0.39, 0.29) is 16.3 Å². The number of nitro benzene ring substituents is 1. The molecule has 0 spiro atoms. The Kier molecular flexibility index (Phi) is 6.02. The molecule has 0 unspecified atom stereocenters. The van der Waals surface area contributed by atoms with Crippen LogP contribution in [0.2, 0.25) is 0 Å². The summed E-state index contributed by atoms with van der Waals surface area (Å²) in [4.78, 5) is 9.85. The maximum Gasteiger partial charge on any atom is 0.270 e. The highest BCUT2D eigenvalue weighted by atomic mass is 79.9. The molecule has 146 valence electrons. The minimum atomic E-state index is -4.01. The molecule has 1 heterocycles. The molecule has 0 saturated heterocycles. The second-order valence-corrected chi connectivity index (χ2v) is 9.39. The second kappa shape index (κ2) is 8.32. The van der Waals surface area contributed by atoms with Gasteiger partial charge in [-0.2, -0.15) is 5.26 Å². The molecule has 0 aliphatic carbocycles. The Morgan fingerprint density at radius 2 is 1.79 bits per heavy atom. The molecule has 29 heavy (non-hydrogen) atoms. The summed E-state index contributed by atoms with van der Waals surface area (Å²) in [6, 6.07) is 14.9. The fraction of sp³-hybridized carbons (Fsp3) is 0. The molecule has 0 N–H and O–H groups in total. The van der Waals surface area contributed by atoms with Crippen LogP contribution in [0.1, 0.15) is 5.76 Å². The van der Waals surface area contributed by atoms with E-state index in [0.29, 0.717) is 20.3 Å². The number of sulfone groups is 1. The summed E-state index contributed by atoms with van der Waals surface area (Å²) in [5, 5.41) is 20.2. The highest BCUT2D eigenvalue weighted by Gasteiger charge is 2.21. The summed E-state index contributed by atoms with van der Waals surface area (Å²) in [6.45, 7) is 0. The summed E-state index contributed by atoms with van der Waals surface area (Å²) >= 11 is 6.49. The van der Waals surface area contributed by atoms with E-state index >= 15 is 0 Å². The van der Waals surface area contributed by atoms with Crippen molar-refractivity contribution in [2.75, 3.05) is 0 Å². The van der Waals surface area contributed by atoms with E-state index < -0.39 is 19.7 Å². The Labute approximate surface area is 182 Å². The van der Waals surface area contributed by atoms with Crippen LogP contribution in [0.25, 0.3) is 17.4 Å². The second-order valence-electron chi connectivity index (χ2n) is 5.70. The van der Waals surface area contributed by atoms with Crippen LogP contribution in [0.3, 0.4) is 0 Å². The lowest BCUT2D eigenvalue weighted by Crippen LogP contribution is -2.03. The van der Waals surface area contributed by atoms with Crippen LogP contribution in [0, 0.1) is 21.4 Å². The molecule has 1 aromatic heterocycles. The third-order valence-electron chi connectivity index (χ3n) is 3.85. The first-order chi connectivity index (χ1) is 13.7. The highest BCUT2D eigenvalue weighted by molar-refractivity contribution is 9.10. The molecule has 0 fully saturated rings. The standard InChI is InChI=1S/C19H10Br2N2O5S/c20-12-1-5-15(6-2-12)29(26,27)16(11-22)10-14-4-8-19(28-14)17-7-3-13(23(24)25)9-18(17)21/h1-10H/b16-10+. The monoisotopic (exact) mass is 536 g/mol. The third-order valence-corrected chi connectivity index (χ3v) is 6.72. The molecule has 0 aliphatic heterocycles. The maximum absolute atomic E-state index is 12.7. The minimum Gasteiger partial charge on any atom is -0.457 e. The van der Waals surface area contributed by atoms with Gasteiger partial charge < -0.3 is 4.42 Å². The van der Waals surface area contributed by atoms with Crippen LogP contribution in [-0.2, 0) is 9.84 Å². The van der Waals surface area contributed by atoms with Gasteiger partial charge in [0.1, 0.15) is 17.6 Å². The van der Waals surface area contributed by atoms with E-state index in [1.807, 2.05) is 0 Å². The van der Waals surface area contributed by atoms with Gasteiger partial charge >= 0.3 is 0 Å². The van der Waals surface area contributed by atoms with Crippen LogP contribution < -0.4 is 0 Å². The Hall–Kier alpha value is -2.74. The average molecular weight is 538 g/mol. The summed E-state index contributed by atoms with van der Waals surface area (Å²) in [5.41, 5.74) is 0.462. The molecule has 0 radical (unpaired) electrons. The van der Waals surface area contributed by atoms with Gasteiger partial charge in [-0.3, -0.25) is 10.1 Å². The number of non-ortho nitro benzene ring substituents is 1. The SMILES string of the molecule is N#C/C(=C\c1ccc(-c2ccc([N+](=O)[O-])cc2Br)o1)S(=O)(=O)c1ccc(Br)cc1. The number of benzene rings is 2. The number of furan rings is 1. The number of hydrogen-bond donors (Lipinski definition) is 0. The van der Waals surface area contributed by atoms with Gasteiger partial charge in [-0.1, -0.05) is 15.9 Å². The van der Waals surface area contributed by atoms with Gasteiger partial charge in [-0.05, 0) is 58.4 Å². The van der Waals surface area contributed by atoms with E-state index in [1.54, 1.807) is 24.3 Å². The molecular weight excluding hydrogens is 528 g/mol. The van der Waals surface area contributed by atoms with Gasteiger partial charge in [0, 0.05) is 32.7 Å². The van der Waals surface area contributed by atoms with E-state index in [9.17, 15) is 23.8 Å². The maximum atomic E-state index is 12.7. The summed E-state index contributed by atoms with van der Waals surface area (Å²) in [5.74, 6) is 0.513. The van der Waals surface area contributed by atoms with Crippen molar-refractivity contribution >= 4 is 53.5 Å². The Balaban J connectivity index is 1.97. The average Bonchev–Trinajstić information content (AvgIpc) is 3.14. The van der Waals surface area contributed by atoms with Crippen LogP contribution >= 0.6 is 31.9 Å². The number of nitro groups is 1. The van der Waals surface area contributed by atoms with E-state index in [1.165, 1.54) is 36.4 Å². The number of nitriles is 1. The summed E-state index contributed by atoms with van der Waals surface area (Å²) in [7, 11) is -4.01. The topological polar surface area (TPSA) is 114 Å². The van der Waals surface area contributed by atoms with E-state index in [2.05, 4.69) is 31.9 Å². The van der Waals surface area contributed by atoms with Crippen LogP contribution in [0.4, 0.5) is 5.69 Å². The minimum absolute atomic E-state index is 0.0154. The van der Waals surface area contributed by atoms with Crippen molar-refractivity contribution in [3.8, 4) is 17.4 Å². The molecule has 3 aromatic rings. The van der Waals surface area contributed by atoms with Crippen molar-refractivity contribution in [2.24, 2.45) is 0 Å². The van der Waals surface area contributed by atoms with Gasteiger partial charge in [-0.25, -0.2) is 8.42 Å². The molecule has 0 saturated carbocycles. The number of allylic oxidation sites excluding steroid dienone is 1. The summed E-state index contributed by atoms with van der Waals surface area (Å²) in [6.07, 6.45) is 1.14. The smallest absolute Gasteiger partial charge is 0.270 e. The zero-order valence-corrected chi connectivity index (χ0v) is 18.4. The van der Waals surface area contributed by atoms with Crippen LogP contribution in [0.15, 0.2) is 77.8 Å². The molecule has 0 aliphatic rings. The predicted molar refractivity (Wildman–Crippen MR) is 113 cm³/mol. The Bertz CT molecular complexity index is 1270. The number of nitrogens with zero attached hydrogens (tertiary/aromatic N) is 2. The fourth-order valence-corrected chi connectivity index (χ4v) is 4.40. The van der Waals surface area contributed by atoms with E-state index in [0.717, 1.165) is 6.08 Å². The van der Waals surface area contributed by atoms with Crippen molar-refractivity contribution in [3.05, 3.63) is 84.3 Å². The lowest BCUT2D eigenvalue weighted by Gasteiger charge is -2.03. The van der Waals surface area contributed by atoms with Crippen molar-refractivity contribution in [1.29, 1.82) is 5.26 Å². The molecule has 10 heteroatoms. The normalized spacial score (nSPS) is 11.8. The number of rotatable bonds is 5. The first-order valence-electron chi connectivity index (χ1n) is 7.89. The lowest BCUT2D eigenvalue weighted by molar-refractivity contribution is -0.384. The Morgan fingerprint density at radius 3 is 2.38 bits per heavy atom. The van der Waals surface area contributed by atoms with E-state index in [4.69, 9.17) is 4.42 Å². The molecule has 2 aromatic carbocycles. The first-order valence-corrected chi connectivity index (χ1v) is 11.0. The van der Waals surface area contributed by atoms with Gasteiger partial charge in [0.25, 0.3) is 5.69 Å². The predicted octanol–water partition coefficient (Wildman–Crippen LogP) is 5.72. The lowest BCUT2D eigenvalue weighted by atomic mass is 10.1. The number of halogens is 2. The van der Waals surface area contributed by atoms with Crippen molar-refractivity contribution in [3.63, 3.8) is 0 Å². The third kappa shape index (κ3) is 4.48. The largest absolute Gasteiger partial charge is 0.457 e. The molecule has 7 nitrogen and oxygen atoms in total. The van der Waals surface area contributed by atoms with Gasteiger partial charge in [-0.15, -0.1) is 0 Å². The summed E-state index contributed by atoms with van der Waals surface area (Å²) < 4.78 is 32.2. The molecular formula is C19H10Br2N2O5S. The molecule has 0 atom stereocenters. The van der Waals surface area contributed by atoms with Gasteiger partial charge in [0.15, 0.2) is 4.91 Å².